The third-order valence-corrected chi connectivity index (χ3v) is 4.60. The highest BCUT2D eigenvalue weighted by molar-refractivity contribution is 5.97. The number of halogens is 3. The van der Waals surface area contributed by atoms with Gasteiger partial charge in [-0.1, -0.05) is 12.1 Å². The number of aryl methyl sites for hydroxylation is 1. The van der Waals surface area contributed by atoms with E-state index in [2.05, 4.69) is 0 Å². The second-order valence-corrected chi connectivity index (χ2v) is 6.29. The number of piperazine rings is 1. The van der Waals surface area contributed by atoms with Gasteiger partial charge in [-0.15, -0.1) is 0 Å². The van der Waals surface area contributed by atoms with Crippen LogP contribution in [0.2, 0.25) is 0 Å². The van der Waals surface area contributed by atoms with E-state index in [-0.39, 0.29) is 30.2 Å². The van der Waals surface area contributed by atoms with Gasteiger partial charge in [0.2, 0.25) is 5.91 Å². The van der Waals surface area contributed by atoms with Crippen molar-refractivity contribution < 1.29 is 18.0 Å². The highest BCUT2D eigenvalue weighted by atomic mass is 19.1. The molecule has 1 heterocycles. The summed E-state index contributed by atoms with van der Waals surface area (Å²) in [6.07, 6.45) is 0. The summed E-state index contributed by atoms with van der Waals surface area (Å²) in [7, 11) is 0. The number of carbonyl (C=O) groups is 1. The van der Waals surface area contributed by atoms with Crippen LogP contribution in [0.25, 0.3) is 0 Å². The maximum Gasteiger partial charge on any atom is 0.244 e. The number of benzene rings is 2. The van der Waals surface area contributed by atoms with E-state index >= 15 is 0 Å². The molecular weight excluding hydrogens is 329 g/mol. The second-order valence-electron chi connectivity index (χ2n) is 6.29. The lowest BCUT2D eigenvalue weighted by Gasteiger charge is -2.39. The first kappa shape index (κ1) is 17.5. The minimum absolute atomic E-state index is 0.00441. The van der Waals surface area contributed by atoms with E-state index in [9.17, 15) is 18.0 Å². The fraction of sp³-hybridized carbons (Fsp3) is 0.316. The topological polar surface area (TPSA) is 23.6 Å². The molecule has 1 aliphatic rings. The molecule has 0 saturated carbocycles. The number of hydrogen-bond donors (Lipinski definition) is 0. The van der Waals surface area contributed by atoms with Gasteiger partial charge in [-0.25, -0.2) is 13.2 Å². The molecule has 6 heteroatoms. The van der Waals surface area contributed by atoms with E-state index in [1.165, 1.54) is 29.2 Å². The van der Waals surface area contributed by atoms with Crippen LogP contribution in [0.4, 0.5) is 18.9 Å². The number of anilines is 1. The summed E-state index contributed by atoms with van der Waals surface area (Å²) in [6.45, 7) is 4.15. The van der Waals surface area contributed by atoms with Crippen LogP contribution >= 0.6 is 0 Å². The molecule has 1 atom stereocenters. The minimum atomic E-state index is -0.633. The smallest absolute Gasteiger partial charge is 0.244 e. The molecule has 3 rings (SSSR count). The van der Waals surface area contributed by atoms with Crippen molar-refractivity contribution in [1.29, 1.82) is 0 Å². The average Bonchev–Trinajstić information content (AvgIpc) is 2.57. The van der Waals surface area contributed by atoms with Crippen LogP contribution in [0, 0.1) is 24.4 Å². The lowest BCUT2D eigenvalue weighted by molar-refractivity contribution is -0.125. The summed E-state index contributed by atoms with van der Waals surface area (Å²) in [4.78, 5) is 15.8. The summed E-state index contributed by atoms with van der Waals surface area (Å²) in [5, 5.41) is 0. The summed E-state index contributed by atoms with van der Waals surface area (Å²) < 4.78 is 41.8. The van der Waals surface area contributed by atoms with Gasteiger partial charge in [0, 0.05) is 25.2 Å². The van der Waals surface area contributed by atoms with Crippen LogP contribution in [0.3, 0.4) is 0 Å². The average molecular weight is 348 g/mol. The first-order chi connectivity index (χ1) is 11.9. The van der Waals surface area contributed by atoms with E-state index in [0.717, 1.165) is 5.56 Å². The van der Waals surface area contributed by atoms with Crippen molar-refractivity contribution in [3.8, 4) is 0 Å². The molecule has 2 aromatic rings. The summed E-state index contributed by atoms with van der Waals surface area (Å²) in [5.74, 6) is -2.01. The van der Waals surface area contributed by atoms with Crippen molar-refractivity contribution in [3.63, 3.8) is 0 Å². The Morgan fingerprint density at radius 2 is 1.72 bits per heavy atom. The Bertz CT molecular complexity index is 789. The fourth-order valence-corrected chi connectivity index (χ4v) is 3.09. The van der Waals surface area contributed by atoms with Gasteiger partial charge < -0.3 is 4.90 Å². The lowest BCUT2D eigenvalue weighted by Crippen LogP contribution is -2.55. The Morgan fingerprint density at radius 1 is 1.04 bits per heavy atom. The van der Waals surface area contributed by atoms with Gasteiger partial charge in [0.25, 0.3) is 0 Å². The van der Waals surface area contributed by atoms with Crippen molar-refractivity contribution in [2.24, 2.45) is 0 Å². The van der Waals surface area contributed by atoms with E-state index in [1.54, 1.807) is 24.0 Å². The van der Waals surface area contributed by atoms with Gasteiger partial charge in [-0.2, -0.15) is 0 Å². The van der Waals surface area contributed by atoms with Gasteiger partial charge in [0.15, 0.2) is 0 Å². The Morgan fingerprint density at radius 3 is 2.40 bits per heavy atom. The molecule has 1 fully saturated rings. The van der Waals surface area contributed by atoms with Crippen molar-refractivity contribution in [2.45, 2.75) is 26.4 Å². The number of carbonyl (C=O) groups excluding carboxylic acids is 1. The Balaban J connectivity index is 1.81. The monoisotopic (exact) mass is 348 g/mol. The van der Waals surface area contributed by atoms with Gasteiger partial charge in [-0.3, -0.25) is 9.69 Å². The van der Waals surface area contributed by atoms with Crippen LogP contribution in [-0.2, 0) is 11.3 Å². The zero-order chi connectivity index (χ0) is 18.1. The minimum Gasteiger partial charge on any atom is -0.307 e. The van der Waals surface area contributed by atoms with Crippen LogP contribution < -0.4 is 4.90 Å². The van der Waals surface area contributed by atoms with E-state index < -0.39 is 23.5 Å². The summed E-state index contributed by atoms with van der Waals surface area (Å²) >= 11 is 0. The molecule has 1 amide bonds. The fourth-order valence-electron chi connectivity index (χ4n) is 3.09. The van der Waals surface area contributed by atoms with Crippen molar-refractivity contribution in [1.82, 2.24) is 4.90 Å². The summed E-state index contributed by atoms with van der Waals surface area (Å²) in [6, 6.07) is 7.71. The molecule has 1 aliphatic heterocycles. The maximum atomic E-state index is 14.1. The quantitative estimate of drug-likeness (QED) is 0.845. The molecule has 0 aliphatic carbocycles. The second kappa shape index (κ2) is 6.88. The van der Waals surface area contributed by atoms with Crippen LogP contribution in [0.1, 0.15) is 18.1 Å². The lowest BCUT2D eigenvalue weighted by atomic mass is 10.1. The first-order valence-corrected chi connectivity index (χ1v) is 8.13. The molecular formula is C19H19F3N2O. The Labute approximate surface area is 144 Å². The van der Waals surface area contributed by atoms with Gasteiger partial charge >= 0.3 is 0 Å². The molecule has 0 spiro atoms. The number of amides is 1. The molecule has 25 heavy (non-hydrogen) atoms. The molecule has 1 saturated heterocycles. The van der Waals surface area contributed by atoms with Crippen molar-refractivity contribution in [3.05, 3.63) is 65.0 Å². The largest absolute Gasteiger partial charge is 0.307 e. The highest BCUT2D eigenvalue weighted by Gasteiger charge is 2.34. The highest BCUT2D eigenvalue weighted by Crippen LogP contribution is 2.26. The third kappa shape index (κ3) is 3.39. The number of hydrogen-bond acceptors (Lipinski definition) is 2. The molecule has 132 valence electrons. The maximum absolute atomic E-state index is 14.1. The van der Waals surface area contributed by atoms with Gasteiger partial charge in [0.1, 0.15) is 17.5 Å². The molecule has 0 aromatic heterocycles. The molecule has 0 N–H and O–H groups in total. The van der Waals surface area contributed by atoms with Crippen molar-refractivity contribution >= 4 is 11.6 Å². The van der Waals surface area contributed by atoms with Gasteiger partial charge in [0.05, 0.1) is 11.7 Å². The summed E-state index contributed by atoms with van der Waals surface area (Å²) in [5.41, 5.74) is 1.04. The molecule has 2 aromatic carbocycles. The molecule has 0 unspecified atom stereocenters. The predicted molar refractivity (Wildman–Crippen MR) is 89.7 cm³/mol. The van der Waals surface area contributed by atoms with Crippen molar-refractivity contribution in [2.75, 3.05) is 18.0 Å². The normalized spacial score (nSPS) is 18.7. The number of nitrogens with zero attached hydrogens (tertiary/aromatic N) is 2. The Kier molecular flexibility index (Phi) is 4.81. The van der Waals surface area contributed by atoms with Crippen LogP contribution in [0.15, 0.2) is 36.4 Å². The third-order valence-electron chi connectivity index (χ3n) is 4.60. The van der Waals surface area contributed by atoms with Crippen LogP contribution in [0.5, 0.6) is 0 Å². The Hall–Kier alpha value is -2.34. The standard InChI is InChI=1S/C19H19F3N2O/c1-12-6-7-17(22)18(10-12)24-9-8-23(13(2)19(24)25)11-14-15(20)4-3-5-16(14)21/h3-7,10,13H,8-9,11H2,1-2H3/t13-/m0/s1. The van der Waals surface area contributed by atoms with E-state index in [0.29, 0.717) is 6.54 Å². The molecule has 0 radical (unpaired) electrons. The number of rotatable bonds is 3. The molecule has 3 nitrogen and oxygen atoms in total. The SMILES string of the molecule is Cc1ccc(F)c(N2CCN(Cc3c(F)cccc3F)[C@@H](C)C2=O)c1. The zero-order valence-corrected chi connectivity index (χ0v) is 14.1. The zero-order valence-electron chi connectivity index (χ0n) is 14.1. The van der Waals surface area contributed by atoms with Gasteiger partial charge in [-0.05, 0) is 43.7 Å². The van der Waals surface area contributed by atoms with E-state index in [4.69, 9.17) is 0 Å². The van der Waals surface area contributed by atoms with Crippen LogP contribution in [-0.4, -0.2) is 29.9 Å². The predicted octanol–water partition coefficient (Wildman–Crippen LogP) is 3.65. The first-order valence-electron chi connectivity index (χ1n) is 8.13. The molecule has 0 bridgehead atoms. The van der Waals surface area contributed by atoms with E-state index in [1.807, 2.05) is 6.92 Å².